The number of nitrogens with zero attached hydrogens (tertiary/aromatic N) is 5. The van der Waals surface area contributed by atoms with Gasteiger partial charge >= 0.3 is 14.0 Å². The zero-order valence-electron chi connectivity index (χ0n) is 21.0. The summed E-state index contributed by atoms with van der Waals surface area (Å²) in [5.74, 6) is -1.19. The molecule has 1 aliphatic heterocycles. The van der Waals surface area contributed by atoms with E-state index in [1.807, 2.05) is 4.90 Å². The maximum absolute atomic E-state index is 13.1. The number of rotatable bonds is 8. The Bertz CT molecular complexity index is 1480. The standard InChI is InChI=1S/C22H22ClF3N7O6PS/c1-11(21-28-9-16(41-21)20(35)32-17-6-13(22(24,25)26)14(23)8-27-17)31-19(34)15-7-18(30-10-29-15)33-4-2-12(3-5-33)39-40(36,37)38/h6-12H,2-5H2,1H3,(H,31,34)(H,27,32,35)(H2,36,37,38)/t11-/m1/s1. The number of hydrogen-bond donors (Lipinski definition) is 4. The van der Waals surface area contributed by atoms with Gasteiger partial charge in [0.25, 0.3) is 11.8 Å². The van der Waals surface area contributed by atoms with Gasteiger partial charge in [-0.1, -0.05) is 11.6 Å². The second-order valence-electron chi connectivity index (χ2n) is 8.80. The highest BCUT2D eigenvalue weighted by atomic mass is 35.5. The number of pyridine rings is 1. The van der Waals surface area contributed by atoms with E-state index in [1.165, 1.54) is 18.6 Å². The number of phosphoric acid groups is 1. The fraction of sp³-hybridized carbons (Fsp3) is 0.364. The molecule has 0 aliphatic carbocycles. The predicted octanol–water partition coefficient (Wildman–Crippen LogP) is 3.82. The number of carbonyl (C=O) groups is 2. The van der Waals surface area contributed by atoms with Crippen LogP contribution < -0.4 is 15.5 Å². The lowest BCUT2D eigenvalue weighted by Gasteiger charge is -2.32. The molecule has 1 saturated heterocycles. The summed E-state index contributed by atoms with van der Waals surface area (Å²) in [6.07, 6.45) is -1.39. The van der Waals surface area contributed by atoms with Gasteiger partial charge < -0.3 is 25.3 Å². The molecule has 2 amide bonds. The van der Waals surface area contributed by atoms with Crippen molar-refractivity contribution < 1.29 is 41.6 Å². The van der Waals surface area contributed by atoms with Crippen LogP contribution in [0, 0.1) is 0 Å². The average molecular weight is 636 g/mol. The van der Waals surface area contributed by atoms with Crippen molar-refractivity contribution in [2.24, 2.45) is 0 Å². The number of carbonyl (C=O) groups excluding carboxylic acids is 2. The van der Waals surface area contributed by atoms with Crippen LogP contribution in [0.25, 0.3) is 0 Å². The average Bonchev–Trinajstić information content (AvgIpc) is 3.40. The molecule has 1 atom stereocenters. The molecule has 1 aliphatic rings. The fourth-order valence-corrected chi connectivity index (χ4v) is 5.48. The molecule has 0 saturated carbocycles. The van der Waals surface area contributed by atoms with Crippen molar-refractivity contribution in [1.82, 2.24) is 25.3 Å². The number of hydrogen-bond acceptors (Lipinski definition) is 10. The highest BCUT2D eigenvalue weighted by Gasteiger charge is 2.34. The molecule has 3 aromatic heterocycles. The molecule has 4 heterocycles. The Hall–Kier alpha value is -3.21. The quantitative estimate of drug-likeness (QED) is 0.264. The van der Waals surface area contributed by atoms with E-state index in [0.29, 0.717) is 42.8 Å². The molecule has 1 fully saturated rings. The third-order valence-electron chi connectivity index (χ3n) is 5.81. The van der Waals surface area contributed by atoms with Crippen LogP contribution in [0.3, 0.4) is 0 Å². The first-order valence-electron chi connectivity index (χ1n) is 11.8. The lowest BCUT2D eigenvalue weighted by Crippen LogP contribution is -2.37. The highest BCUT2D eigenvalue weighted by molar-refractivity contribution is 7.46. The Morgan fingerprint density at radius 1 is 1.15 bits per heavy atom. The molecule has 220 valence electrons. The summed E-state index contributed by atoms with van der Waals surface area (Å²) in [6.45, 7) is 2.42. The molecular formula is C22H22ClF3N7O6PS. The molecule has 0 unspecified atom stereocenters. The molecule has 0 radical (unpaired) electrons. The summed E-state index contributed by atoms with van der Waals surface area (Å²) in [6, 6.07) is 1.44. The lowest BCUT2D eigenvalue weighted by molar-refractivity contribution is -0.137. The Morgan fingerprint density at radius 3 is 2.51 bits per heavy atom. The maximum atomic E-state index is 13.1. The topological polar surface area (TPSA) is 180 Å². The number of aromatic nitrogens is 4. The van der Waals surface area contributed by atoms with E-state index < -0.39 is 48.5 Å². The van der Waals surface area contributed by atoms with Gasteiger partial charge in [0.2, 0.25) is 0 Å². The smallest absolute Gasteiger partial charge is 0.356 e. The molecular weight excluding hydrogens is 614 g/mol. The lowest BCUT2D eigenvalue weighted by atomic mass is 10.1. The normalized spacial score (nSPS) is 15.4. The number of anilines is 2. The van der Waals surface area contributed by atoms with Crippen molar-refractivity contribution in [3.05, 3.63) is 57.0 Å². The zero-order chi connectivity index (χ0) is 29.9. The number of phosphoric ester groups is 1. The third kappa shape index (κ3) is 8.18. The van der Waals surface area contributed by atoms with Crippen LogP contribution in [-0.2, 0) is 15.3 Å². The van der Waals surface area contributed by atoms with Gasteiger partial charge in [0, 0.05) is 25.4 Å². The van der Waals surface area contributed by atoms with E-state index >= 15 is 0 Å². The number of halogens is 4. The monoisotopic (exact) mass is 635 g/mol. The van der Waals surface area contributed by atoms with E-state index in [2.05, 4.69) is 30.6 Å². The summed E-state index contributed by atoms with van der Waals surface area (Å²) in [4.78, 5) is 61.3. The number of piperidine rings is 1. The molecule has 0 spiro atoms. The van der Waals surface area contributed by atoms with E-state index in [4.69, 9.17) is 25.9 Å². The summed E-state index contributed by atoms with van der Waals surface area (Å²) >= 11 is 6.48. The largest absolute Gasteiger partial charge is 0.469 e. The summed E-state index contributed by atoms with van der Waals surface area (Å²) < 4.78 is 55.0. The van der Waals surface area contributed by atoms with Crippen LogP contribution in [0.2, 0.25) is 5.02 Å². The van der Waals surface area contributed by atoms with Crippen molar-refractivity contribution in [2.75, 3.05) is 23.3 Å². The van der Waals surface area contributed by atoms with Gasteiger partial charge in [0.15, 0.2) is 0 Å². The van der Waals surface area contributed by atoms with E-state index in [0.717, 1.165) is 17.5 Å². The van der Waals surface area contributed by atoms with Crippen LogP contribution in [0.5, 0.6) is 0 Å². The van der Waals surface area contributed by atoms with E-state index in [1.54, 1.807) is 6.92 Å². The van der Waals surface area contributed by atoms with Crippen LogP contribution in [0.4, 0.5) is 24.8 Å². The first kappa shape index (κ1) is 30.7. The van der Waals surface area contributed by atoms with Gasteiger partial charge in [-0.15, -0.1) is 11.3 Å². The van der Waals surface area contributed by atoms with Crippen molar-refractivity contribution in [1.29, 1.82) is 0 Å². The first-order valence-corrected chi connectivity index (χ1v) is 14.5. The molecule has 3 aromatic rings. The fourth-order valence-electron chi connectivity index (χ4n) is 3.86. The Balaban J connectivity index is 1.36. The van der Waals surface area contributed by atoms with Crippen LogP contribution in [0.15, 0.2) is 30.9 Å². The maximum Gasteiger partial charge on any atom is 0.469 e. The molecule has 0 bridgehead atoms. The summed E-state index contributed by atoms with van der Waals surface area (Å²) in [5, 5.41) is 4.74. The Kier molecular flexibility index (Phi) is 9.25. The van der Waals surface area contributed by atoms with Gasteiger partial charge in [-0.05, 0) is 25.8 Å². The zero-order valence-corrected chi connectivity index (χ0v) is 23.5. The molecule has 19 heteroatoms. The second-order valence-corrected chi connectivity index (χ2v) is 11.5. The molecule has 41 heavy (non-hydrogen) atoms. The van der Waals surface area contributed by atoms with E-state index in [-0.39, 0.29) is 16.4 Å². The van der Waals surface area contributed by atoms with Gasteiger partial charge in [0.1, 0.15) is 33.5 Å². The van der Waals surface area contributed by atoms with Crippen LogP contribution in [-0.4, -0.2) is 60.7 Å². The first-order chi connectivity index (χ1) is 19.2. The van der Waals surface area contributed by atoms with Crippen LogP contribution in [0.1, 0.15) is 56.5 Å². The second kappa shape index (κ2) is 12.3. The number of amides is 2. The molecule has 4 rings (SSSR count). The summed E-state index contributed by atoms with van der Waals surface area (Å²) in [7, 11) is -4.58. The minimum Gasteiger partial charge on any atom is -0.356 e. The number of nitrogens with one attached hydrogen (secondary N) is 2. The van der Waals surface area contributed by atoms with Crippen molar-refractivity contribution in [3.8, 4) is 0 Å². The van der Waals surface area contributed by atoms with Crippen molar-refractivity contribution in [2.45, 2.75) is 38.1 Å². The van der Waals surface area contributed by atoms with Gasteiger partial charge in [-0.2, -0.15) is 13.2 Å². The molecule has 0 aromatic carbocycles. The van der Waals surface area contributed by atoms with Gasteiger partial charge in [-0.3, -0.25) is 14.1 Å². The Morgan fingerprint density at radius 2 is 1.85 bits per heavy atom. The Labute approximate surface area is 239 Å². The molecule has 4 N–H and O–H groups in total. The predicted molar refractivity (Wildman–Crippen MR) is 141 cm³/mol. The van der Waals surface area contributed by atoms with Crippen molar-refractivity contribution in [3.63, 3.8) is 0 Å². The SMILES string of the molecule is C[C@@H](NC(=O)c1cc(N2CCC(OP(=O)(O)O)CC2)ncn1)c1ncc(C(=O)Nc2cc(C(F)(F)F)c(Cl)cn2)s1. The highest BCUT2D eigenvalue weighted by Crippen LogP contribution is 2.40. The number of alkyl halides is 3. The number of thiazole rings is 1. The minimum absolute atomic E-state index is 0.0549. The third-order valence-corrected chi connectivity index (χ3v) is 7.86. The van der Waals surface area contributed by atoms with E-state index in [9.17, 15) is 27.3 Å². The summed E-state index contributed by atoms with van der Waals surface area (Å²) in [5.41, 5.74) is -1.09. The van der Waals surface area contributed by atoms with Crippen LogP contribution >= 0.6 is 30.8 Å². The van der Waals surface area contributed by atoms with Crippen molar-refractivity contribution >= 4 is 54.2 Å². The molecule has 13 nitrogen and oxygen atoms in total. The minimum atomic E-state index is -4.73. The van der Waals surface area contributed by atoms with Gasteiger partial charge in [-0.25, -0.2) is 24.5 Å². The van der Waals surface area contributed by atoms with Gasteiger partial charge in [0.05, 0.1) is 28.9 Å².